The number of hydrogen-bond acceptors (Lipinski definition) is 7. The quantitative estimate of drug-likeness (QED) is 0.472. The summed E-state index contributed by atoms with van der Waals surface area (Å²) >= 11 is 0. The van der Waals surface area contributed by atoms with Crippen LogP contribution in [0.4, 0.5) is 5.88 Å². The Bertz CT molecular complexity index is 725. The maximum Gasteiger partial charge on any atom is 0.433 e. The molecule has 120 valence electrons. The monoisotopic (exact) mass is 319 g/mol. The van der Waals surface area contributed by atoms with Crippen molar-refractivity contribution >= 4 is 18.0 Å². The first-order chi connectivity index (χ1) is 11.1. The lowest BCUT2D eigenvalue weighted by molar-refractivity contribution is -0.402. The molecule has 1 N–H and O–H groups in total. The van der Waals surface area contributed by atoms with Crippen LogP contribution < -0.4 is 14.9 Å². The number of ether oxygens (including phenoxy) is 2. The number of nitro groups is 1. The van der Waals surface area contributed by atoms with E-state index in [9.17, 15) is 14.9 Å². The molecule has 0 aliphatic rings. The molecule has 2 aromatic rings. The third kappa shape index (κ3) is 4.56. The molecule has 0 saturated heterocycles. The number of rotatable bonds is 7. The third-order valence-electron chi connectivity index (χ3n) is 2.60. The first-order valence-corrected chi connectivity index (χ1v) is 6.42. The van der Waals surface area contributed by atoms with Gasteiger partial charge in [0.2, 0.25) is 0 Å². The van der Waals surface area contributed by atoms with Crippen LogP contribution in [0, 0.1) is 10.1 Å². The molecule has 0 aliphatic carbocycles. The highest BCUT2D eigenvalue weighted by Gasteiger charge is 2.10. The molecule has 0 atom stereocenters. The molecule has 0 fully saturated rings. The summed E-state index contributed by atoms with van der Waals surface area (Å²) in [6.45, 7) is -0.268. The molecule has 9 heteroatoms. The van der Waals surface area contributed by atoms with Crippen LogP contribution in [0.5, 0.6) is 11.5 Å². The van der Waals surface area contributed by atoms with Crippen molar-refractivity contribution < 1.29 is 23.6 Å². The number of hydrazone groups is 1. The maximum atomic E-state index is 11.6. The molecule has 0 unspecified atom stereocenters. The zero-order chi connectivity index (χ0) is 16.7. The number of hydrogen-bond donors (Lipinski definition) is 1. The Balaban J connectivity index is 1.82. The van der Waals surface area contributed by atoms with Crippen LogP contribution in [0.1, 0.15) is 5.76 Å². The Morgan fingerprint density at radius 1 is 1.35 bits per heavy atom. The van der Waals surface area contributed by atoms with E-state index in [2.05, 4.69) is 10.5 Å². The average molecular weight is 319 g/mol. The van der Waals surface area contributed by atoms with Crippen LogP contribution in [-0.4, -0.2) is 30.8 Å². The van der Waals surface area contributed by atoms with Gasteiger partial charge >= 0.3 is 5.88 Å². The van der Waals surface area contributed by atoms with Gasteiger partial charge in [0.05, 0.1) is 19.4 Å². The first-order valence-electron chi connectivity index (χ1n) is 6.42. The molecule has 0 saturated carbocycles. The van der Waals surface area contributed by atoms with E-state index >= 15 is 0 Å². The normalized spacial score (nSPS) is 10.5. The van der Waals surface area contributed by atoms with Crippen LogP contribution >= 0.6 is 0 Å². The summed E-state index contributed by atoms with van der Waals surface area (Å²) in [5, 5.41) is 14.1. The van der Waals surface area contributed by atoms with Gasteiger partial charge in [-0.1, -0.05) is 12.1 Å². The van der Waals surface area contributed by atoms with Crippen LogP contribution in [0.2, 0.25) is 0 Å². The van der Waals surface area contributed by atoms with Crippen molar-refractivity contribution in [3.8, 4) is 11.5 Å². The van der Waals surface area contributed by atoms with Crippen molar-refractivity contribution in [2.24, 2.45) is 5.10 Å². The van der Waals surface area contributed by atoms with Gasteiger partial charge in [0.1, 0.15) is 4.92 Å². The molecule has 1 heterocycles. The molecule has 1 amide bonds. The van der Waals surface area contributed by atoms with Crippen molar-refractivity contribution in [2.45, 2.75) is 0 Å². The lowest BCUT2D eigenvalue weighted by Crippen LogP contribution is -2.24. The minimum Gasteiger partial charge on any atom is -0.493 e. The van der Waals surface area contributed by atoms with E-state index in [1.54, 1.807) is 24.3 Å². The van der Waals surface area contributed by atoms with Crippen LogP contribution in [0.15, 0.2) is 45.9 Å². The number of carbonyl (C=O) groups is 1. The van der Waals surface area contributed by atoms with Gasteiger partial charge in [-0.05, 0) is 18.2 Å². The summed E-state index contributed by atoms with van der Waals surface area (Å²) in [5.74, 6) is 0.163. The second-order valence-electron chi connectivity index (χ2n) is 4.17. The second-order valence-corrected chi connectivity index (χ2v) is 4.17. The standard InChI is InChI=1S/C14H13N3O6/c1-21-11-4-2-3-5-12(11)22-9-13(18)16-15-8-10-6-7-14(23-10)17(19)20/h2-8H,9H2,1H3,(H,16,18). The SMILES string of the molecule is COc1ccccc1OCC(=O)NN=Cc1ccc([N+](=O)[O-])o1. The number of nitrogens with one attached hydrogen (secondary N) is 1. The van der Waals surface area contributed by atoms with Gasteiger partial charge < -0.3 is 13.9 Å². The van der Waals surface area contributed by atoms with Gasteiger partial charge in [-0.25, -0.2) is 5.43 Å². The predicted molar refractivity (Wildman–Crippen MR) is 79.6 cm³/mol. The van der Waals surface area contributed by atoms with E-state index < -0.39 is 16.7 Å². The van der Waals surface area contributed by atoms with Crippen LogP contribution in [0.25, 0.3) is 0 Å². The van der Waals surface area contributed by atoms with Crippen molar-refractivity contribution in [2.75, 3.05) is 13.7 Å². The molecular formula is C14H13N3O6. The number of methoxy groups -OCH3 is 1. The van der Waals surface area contributed by atoms with Crippen molar-refractivity contribution in [1.82, 2.24) is 5.43 Å². The van der Waals surface area contributed by atoms with Gasteiger partial charge in [0.25, 0.3) is 5.91 Å². The highest BCUT2D eigenvalue weighted by atomic mass is 16.6. The van der Waals surface area contributed by atoms with E-state index in [1.807, 2.05) is 0 Å². The predicted octanol–water partition coefficient (Wildman–Crippen LogP) is 1.73. The van der Waals surface area contributed by atoms with Gasteiger partial charge in [-0.15, -0.1) is 0 Å². The average Bonchev–Trinajstić information content (AvgIpc) is 3.02. The van der Waals surface area contributed by atoms with Crippen molar-refractivity contribution in [1.29, 1.82) is 0 Å². The molecule has 0 radical (unpaired) electrons. The fourth-order valence-corrected chi connectivity index (χ4v) is 1.59. The van der Waals surface area contributed by atoms with Crippen LogP contribution in [-0.2, 0) is 4.79 Å². The lowest BCUT2D eigenvalue weighted by atomic mass is 10.3. The van der Waals surface area contributed by atoms with Gasteiger partial charge in [-0.2, -0.15) is 5.10 Å². The Kier molecular flexibility index (Phi) is 5.29. The molecule has 23 heavy (non-hydrogen) atoms. The molecule has 9 nitrogen and oxygen atoms in total. The van der Waals surface area contributed by atoms with E-state index in [-0.39, 0.29) is 12.4 Å². The zero-order valence-electron chi connectivity index (χ0n) is 12.1. The minimum absolute atomic E-state index is 0.141. The second kappa shape index (κ2) is 7.59. The number of amides is 1. The molecule has 0 aliphatic heterocycles. The summed E-state index contributed by atoms with van der Waals surface area (Å²) in [6, 6.07) is 9.44. The third-order valence-corrected chi connectivity index (χ3v) is 2.60. The molecule has 1 aromatic carbocycles. The summed E-state index contributed by atoms with van der Waals surface area (Å²) < 4.78 is 15.2. The number of carbonyl (C=O) groups excluding carboxylic acids is 1. The van der Waals surface area contributed by atoms with Crippen LogP contribution in [0.3, 0.4) is 0 Å². The Morgan fingerprint density at radius 2 is 2.09 bits per heavy atom. The zero-order valence-corrected chi connectivity index (χ0v) is 12.1. The lowest BCUT2D eigenvalue weighted by Gasteiger charge is -2.08. The smallest absolute Gasteiger partial charge is 0.433 e. The largest absolute Gasteiger partial charge is 0.493 e. The van der Waals surface area contributed by atoms with Gasteiger partial charge in [0.15, 0.2) is 23.9 Å². The van der Waals surface area contributed by atoms with E-state index in [4.69, 9.17) is 13.9 Å². The number of furan rings is 1. The highest BCUT2D eigenvalue weighted by molar-refractivity contribution is 5.81. The Hall–Kier alpha value is -3.36. The summed E-state index contributed by atoms with van der Waals surface area (Å²) in [6.07, 6.45) is 1.15. The maximum absolute atomic E-state index is 11.6. The Morgan fingerprint density at radius 3 is 2.74 bits per heavy atom. The summed E-state index contributed by atoms with van der Waals surface area (Å²) in [7, 11) is 1.50. The highest BCUT2D eigenvalue weighted by Crippen LogP contribution is 2.25. The van der Waals surface area contributed by atoms with E-state index in [0.29, 0.717) is 11.5 Å². The molecule has 2 rings (SSSR count). The van der Waals surface area contributed by atoms with Crippen molar-refractivity contribution in [3.05, 3.63) is 52.3 Å². The number of para-hydroxylation sites is 2. The molecule has 1 aromatic heterocycles. The van der Waals surface area contributed by atoms with E-state index in [1.165, 1.54) is 19.2 Å². The van der Waals surface area contributed by atoms with Gasteiger partial charge in [0, 0.05) is 0 Å². The Labute approximate surface area is 130 Å². The summed E-state index contributed by atoms with van der Waals surface area (Å²) in [5.41, 5.74) is 2.21. The first kappa shape index (κ1) is 16.0. The fraction of sp³-hybridized carbons (Fsp3) is 0.143. The molecule has 0 bridgehead atoms. The molecule has 0 spiro atoms. The van der Waals surface area contributed by atoms with Gasteiger partial charge in [-0.3, -0.25) is 14.9 Å². The topological polar surface area (TPSA) is 116 Å². The summed E-state index contributed by atoms with van der Waals surface area (Å²) in [4.78, 5) is 21.4. The minimum atomic E-state index is -0.670. The molecular weight excluding hydrogens is 306 g/mol. The number of benzene rings is 1. The fourth-order valence-electron chi connectivity index (χ4n) is 1.59. The number of nitrogens with zero attached hydrogens (tertiary/aromatic N) is 2. The van der Waals surface area contributed by atoms with E-state index in [0.717, 1.165) is 6.21 Å². The van der Waals surface area contributed by atoms with Crippen molar-refractivity contribution in [3.63, 3.8) is 0 Å².